The Labute approximate surface area is 112 Å². The molecular formula is C10H18O6S2-2. The van der Waals surface area contributed by atoms with Gasteiger partial charge in [-0.2, -0.15) is 0 Å². The number of hydrogen-bond donors (Lipinski definition) is 0. The molecule has 6 nitrogen and oxygen atoms in total. The third-order valence-corrected chi connectivity index (χ3v) is 4.83. The van der Waals surface area contributed by atoms with Gasteiger partial charge in [0.05, 0.1) is 12.2 Å². The van der Waals surface area contributed by atoms with E-state index in [2.05, 4.69) is 0 Å². The molecule has 6 atom stereocenters. The van der Waals surface area contributed by atoms with Crippen LogP contribution in [0.5, 0.6) is 0 Å². The molecule has 0 N–H and O–H groups in total. The van der Waals surface area contributed by atoms with Gasteiger partial charge in [0.1, 0.15) is 0 Å². The standard InChI is InChI=1S/C10H20O6S2/c1-15-9-3-8(6-18(13)14)10(16-2)4-7(9)5-17(11)12/h7-10H,3-6H2,1-2H3,(H,11,12)(H,13,14)/p-2/t7-,8-,9-,10?/m0/s1. The van der Waals surface area contributed by atoms with E-state index >= 15 is 0 Å². The molecule has 0 radical (unpaired) electrons. The lowest BCUT2D eigenvalue weighted by molar-refractivity contribution is -0.0558. The average molecular weight is 298 g/mol. The van der Waals surface area contributed by atoms with Crippen LogP contribution in [-0.2, 0) is 31.6 Å². The van der Waals surface area contributed by atoms with Crippen LogP contribution in [-0.4, -0.2) is 55.5 Å². The first kappa shape index (κ1) is 16.2. The van der Waals surface area contributed by atoms with Gasteiger partial charge in [-0.1, -0.05) is 22.2 Å². The molecule has 1 aliphatic carbocycles. The largest absolute Gasteiger partial charge is 0.772 e. The van der Waals surface area contributed by atoms with E-state index in [1.165, 1.54) is 14.2 Å². The summed E-state index contributed by atoms with van der Waals surface area (Å²) in [5.41, 5.74) is 0. The number of methoxy groups -OCH3 is 2. The van der Waals surface area contributed by atoms with Crippen LogP contribution in [0, 0.1) is 11.8 Å². The molecule has 0 aromatic rings. The fourth-order valence-corrected chi connectivity index (χ4v) is 3.96. The van der Waals surface area contributed by atoms with Gasteiger partial charge in [-0.25, -0.2) is 0 Å². The van der Waals surface area contributed by atoms with Crippen molar-refractivity contribution in [3.63, 3.8) is 0 Å². The summed E-state index contributed by atoms with van der Waals surface area (Å²) in [6.45, 7) is 0. The van der Waals surface area contributed by atoms with Crippen molar-refractivity contribution >= 4 is 22.2 Å². The van der Waals surface area contributed by atoms with Gasteiger partial charge in [0.25, 0.3) is 0 Å². The SMILES string of the molecule is COC1C[C@@H](CS(=O)[O-])[C@@H](OC)C[C@H]1CS(=O)[O-]. The Bertz CT molecular complexity index is 281. The molecular weight excluding hydrogens is 280 g/mol. The highest BCUT2D eigenvalue weighted by atomic mass is 32.2. The maximum Gasteiger partial charge on any atom is 0.0612 e. The monoisotopic (exact) mass is 298 g/mol. The van der Waals surface area contributed by atoms with Crippen molar-refractivity contribution in [2.24, 2.45) is 11.8 Å². The van der Waals surface area contributed by atoms with Gasteiger partial charge in [-0.15, -0.1) is 0 Å². The smallest absolute Gasteiger partial charge is 0.0612 e. The highest BCUT2D eigenvalue weighted by molar-refractivity contribution is 7.79. The Morgan fingerprint density at radius 2 is 1.28 bits per heavy atom. The van der Waals surface area contributed by atoms with Crippen LogP contribution < -0.4 is 0 Å². The van der Waals surface area contributed by atoms with Crippen molar-refractivity contribution in [3.05, 3.63) is 0 Å². The van der Waals surface area contributed by atoms with Crippen LogP contribution in [0.15, 0.2) is 0 Å². The maximum absolute atomic E-state index is 10.8. The lowest BCUT2D eigenvalue weighted by Gasteiger charge is -2.40. The molecule has 0 bridgehead atoms. The molecule has 0 aromatic heterocycles. The number of rotatable bonds is 6. The zero-order valence-corrected chi connectivity index (χ0v) is 12.0. The van der Waals surface area contributed by atoms with Gasteiger partial charge in [0, 0.05) is 25.7 Å². The van der Waals surface area contributed by atoms with Crippen LogP contribution in [0.1, 0.15) is 12.8 Å². The van der Waals surface area contributed by atoms with Crippen LogP contribution in [0.4, 0.5) is 0 Å². The molecule has 0 heterocycles. The summed E-state index contributed by atoms with van der Waals surface area (Å²) < 4.78 is 53.7. The summed E-state index contributed by atoms with van der Waals surface area (Å²) in [6.07, 6.45) is 0.543. The van der Waals surface area contributed by atoms with Crippen molar-refractivity contribution in [1.29, 1.82) is 0 Å². The van der Waals surface area contributed by atoms with Crippen LogP contribution in [0.3, 0.4) is 0 Å². The molecule has 1 aliphatic rings. The van der Waals surface area contributed by atoms with Crippen molar-refractivity contribution < 1.29 is 27.0 Å². The van der Waals surface area contributed by atoms with Gasteiger partial charge < -0.3 is 18.6 Å². The molecule has 1 saturated carbocycles. The maximum atomic E-state index is 10.8. The average Bonchev–Trinajstić information content (AvgIpc) is 2.29. The highest BCUT2D eigenvalue weighted by Gasteiger charge is 2.37. The minimum absolute atomic E-state index is 0.0194. The Kier molecular flexibility index (Phi) is 6.89. The van der Waals surface area contributed by atoms with Crippen LogP contribution >= 0.6 is 0 Å². The Morgan fingerprint density at radius 1 is 0.944 bits per heavy atom. The van der Waals surface area contributed by atoms with Crippen LogP contribution in [0.25, 0.3) is 0 Å². The normalized spacial score (nSPS) is 36.2. The van der Waals surface area contributed by atoms with Gasteiger partial charge in [0.2, 0.25) is 0 Å². The predicted octanol–water partition coefficient (Wildman–Crippen LogP) is -0.199. The second-order valence-corrected chi connectivity index (χ2v) is 6.36. The van der Waals surface area contributed by atoms with E-state index in [1.807, 2.05) is 0 Å². The summed E-state index contributed by atoms with van der Waals surface area (Å²) in [7, 11) is 3.04. The van der Waals surface area contributed by atoms with Crippen molar-refractivity contribution in [3.8, 4) is 0 Å². The summed E-state index contributed by atoms with van der Waals surface area (Å²) in [5, 5.41) is 0. The highest BCUT2D eigenvalue weighted by Crippen LogP contribution is 2.33. The summed E-state index contributed by atoms with van der Waals surface area (Å²) in [4.78, 5) is 0. The molecule has 0 spiro atoms. The minimum atomic E-state index is -2.13. The summed E-state index contributed by atoms with van der Waals surface area (Å²) in [6, 6.07) is 0. The van der Waals surface area contributed by atoms with Crippen molar-refractivity contribution in [1.82, 2.24) is 0 Å². The molecule has 0 aromatic carbocycles. The Morgan fingerprint density at radius 3 is 1.50 bits per heavy atom. The second-order valence-electron chi connectivity index (χ2n) is 4.48. The zero-order chi connectivity index (χ0) is 13.7. The molecule has 18 heavy (non-hydrogen) atoms. The number of ether oxygens (including phenoxy) is 2. The third kappa shape index (κ3) is 4.67. The molecule has 3 unspecified atom stereocenters. The first-order valence-corrected chi connectivity index (χ1v) is 8.14. The first-order valence-electron chi connectivity index (χ1n) is 5.65. The lowest BCUT2D eigenvalue weighted by Crippen LogP contribution is -2.44. The van der Waals surface area contributed by atoms with Crippen molar-refractivity contribution in [2.75, 3.05) is 25.7 Å². The Hall–Kier alpha value is 0.140. The summed E-state index contributed by atoms with van der Waals surface area (Å²) >= 11 is -4.26. The predicted molar refractivity (Wildman–Crippen MR) is 65.4 cm³/mol. The fraction of sp³-hybridized carbons (Fsp3) is 1.00. The van der Waals surface area contributed by atoms with Crippen molar-refractivity contribution in [2.45, 2.75) is 25.0 Å². The first-order chi connectivity index (χ1) is 8.47. The second kappa shape index (κ2) is 7.66. The van der Waals surface area contributed by atoms with E-state index in [1.54, 1.807) is 0 Å². The van der Waals surface area contributed by atoms with Gasteiger partial charge in [-0.3, -0.25) is 8.42 Å². The zero-order valence-electron chi connectivity index (χ0n) is 10.4. The van der Waals surface area contributed by atoms with Gasteiger partial charge >= 0.3 is 0 Å². The van der Waals surface area contributed by atoms with Gasteiger partial charge in [-0.05, 0) is 24.7 Å². The molecule has 8 heteroatoms. The van der Waals surface area contributed by atoms with E-state index in [9.17, 15) is 17.5 Å². The molecule has 108 valence electrons. The van der Waals surface area contributed by atoms with Crippen LogP contribution in [0.2, 0.25) is 0 Å². The molecule has 0 amide bonds. The molecule has 1 fully saturated rings. The quantitative estimate of drug-likeness (QED) is 0.630. The molecule has 1 rings (SSSR count). The molecule has 0 aliphatic heterocycles. The van der Waals surface area contributed by atoms with E-state index in [4.69, 9.17) is 9.47 Å². The van der Waals surface area contributed by atoms with E-state index in [-0.39, 0.29) is 35.5 Å². The minimum Gasteiger partial charge on any atom is -0.772 e. The van der Waals surface area contributed by atoms with E-state index < -0.39 is 22.2 Å². The third-order valence-electron chi connectivity index (χ3n) is 3.43. The van der Waals surface area contributed by atoms with E-state index in [0.29, 0.717) is 12.8 Å². The van der Waals surface area contributed by atoms with E-state index in [0.717, 1.165) is 0 Å². The summed E-state index contributed by atoms with van der Waals surface area (Å²) in [5.74, 6) is -0.249. The fourth-order valence-electron chi connectivity index (χ4n) is 2.56. The molecule has 0 saturated heterocycles. The Balaban J connectivity index is 2.72. The topological polar surface area (TPSA) is 98.7 Å². The van der Waals surface area contributed by atoms with Gasteiger partial charge in [0.15, 0.2) is 0 Å². The lowest BCUT2D eigenvalue weighted by atomic mass is 9.79. The number of hydrogen-bond acceptors (Lipinski definition) is 6.